The fourth-order valence-corrected chi connectivity index (χ4v) is 2.27. The molecule has 1 rings (SSSR count). The minimum absolute atomic E-state index is 0.188. The highest BCUT2D eigenvalue weighted by Gasteiger charge is 2.12. The van der Waals surface area contributed by atoms with Crippen LogP contribution >= 0.6 is 23.2 Å². The van der Waals surface area contributed by atoms with E-state index >= 15 is 0 Å². The van der Waals surface area contributed by atoms with Gasteiger partial charge in [-0.25, -0.2) is 4.79 Å². The summed E-state index contributed by atoms with van der Waals surface area (Å²) in [6.45, 7) is 5.73. The van der Waals surface area contributed by atoms with Crippen molar-refractivity contribution in [3.05, 3.63) is 33.8 Å². The zero-order valence-electron chi connectivity index (χ0n) is 11.7. The maximum Gasteiger partial charge on any atom is 0.315 e. The summed E-state index contributed by atoms with van der Waals surface area (Å²) >= 11 is 11.9. The topological polar surface area (TPSA) is 50.4 Å². The van der Waals surface area contributed by atoms with Crippen LogP contribution in [-0.2, 0) is 4.74 Å². The molecule has 0 saturated heterocycles. The molecule has 0 fully saturated rings. The van der Waals surface area contributed by atoms with Gasteiger partial charge < -0.3 is 15.4 Å². The van der Waals surface area contributed by atoms with Crippen LogP contribution in [0.4, 0.5) is 4.79 Å². The van der Waals surface area contributed by atoms with Crippen molar-refractivity contribution in [1.29, 1.82) is 0 Å². The number of nitrogens with one attached hydrogen (secondary N) is 2. The second-order valence-corrected chi connectivity index (χ2v) is 5.18. The Morgan fingerprint density at radius 2 is 2.15 bits per heavy atom. The lowest BCUT2D eigenvalue weighted by atomic mass is 10.1. The average molecular weight is 319 g/mol. The predicted molar refractivity (Wildman–Crippen MR) is 82.5 cm³/mol. The van der Waals surface area contributed by atoms with Gasteiger partial charge in [0, 0.05) is 29.8 Å². The number of halogens is 2. The van der Waals surface area contributed by atoms with Gasteiger partial charge >= 0.3 is 6.03 Å². The normalized spacial score (nSPS) is 12.0. The summed E-state index contributed by atoms with van der Waals surface area (Å²) in [4.78, 5) is 11.7. The van der Waals surface area contributed by atoms with E-state index in [0.29, 0.717) is 29.8 Å². The van der Waals surface area contributed by atoms with Crippen LogP contribution in [0, 0.1) is 0 Å². The van der Waals surface area contributed by atoms with Gasteiger partial charge in [0.25, 0.3) is 0 Å². The van der Waals surface area contributed by atoms with Crippen molar-refractivity contribution < 1.29 is 9.53 Å². The molecule has 1 atom stereocenters. The predicted octanol–water partition coefficient (Wildman–Crippen LogP) is 3.78. The number of urea groups is 1. The Bertz CT molecular complexity index is 441. The van der Waals surface area contributed by atoms with Gasteiger partial charge in [0.1, 0.15) is 0 Å². The number of hydrogen-bond donors (Lipinski definition) is 2. The van der Waals surface area contributed by atoms with Crippen LogP contribution in [-0.4, -0.2) is 25.8 Å². The standard InChI is InChI=1S/C14H20Cl2N2O2/c1-3-20-8-4-7-17-14(19)18-10(2)12-6-5-11(15)9-13(12)16/h5-6,9-10H,3-4,7-8H2,1-2H3,(H2,17,18,19)/t10-/m0/s1. The third-order valence-corrected chi connectivity index (χ3v) is 3.29. The van der Waals surface area contributed by atoms with Gasteiger partial charge in [-0.05, 0) is 38.0 Å². The van der Waals surface area contributed by atoms with Crippen LogP contribution in [0.25, 0.3) is 0 Å². The number of amides is 2. The molecule has 0 spiro atoms. The first kappa shape index (κ1) is 17.1. The molecule has 0 heterocycles. The highest BCUT2D eigenvalue weighted by atomic mass is 35.5. The molecule has 2 N–H and O–H groups in total. The van der Waals surface area contributed by atoms with Crippen molar-refractivity contribution in [2.75, 3.05) is 19.8 Å². The molecular weight excluding hydrogens is 299 g/mol. The number of carbonyl (C=O) groups is 1. The number of hydrogen-bond acceptors (Lipinski definition) is 2. The molecule has 0 unspecified atom stereocenters. The number of benzene rings is 1. The van der Waals surface area contributed by atoms with E-state index in [1.54, 1.807) is 12.1 Å². The van der Waals surface area contributed by atoms with Crippen molar-refractivity contribution in [1.82, 2.24) is 10.6 Å². The molecule has 0 saturated carbocycles. The van der Waals surface area contributed by atoms with E-state index in [1.807, 2.05) is 19.9 Å². The summed E-state index contributed by atoms with van der Waals surface area (Å²) in [7, 11) is 0. The van der Waals surface area contributed by atoms with Crippen molar-refractivity contribution in [3.63, 3.8) is 0 Å². The van der Waals surface area contributed by atoms with Crippen molar-refractivity contribution >= 4 is 29.2 Å². The largest absolute Gasteiger partial charge is 0.382 e. The fourth-order valence-electron chi connectivity index (χ4n) is 1.70. The molecule has 1 aromatic rings. The Hall–Kier alpha value is -0.970. The molecule has 0 aliphatic carbocycles. The van der Waals surface area contributed by atoms with Crippen LogP contribution in [0.1, 0.15) is 31.9 Å². The minimum Gasteiger partial charge on any atom is -0.382 e. The fraction of sp³-hybridized carbons (Fsp3) is 0.500. The number of rotatable bonds is 7. The molecule has 2 amide bonds. The van der Waals surface area contributed by atoms with E-state index in [-0.39, 0.29) is 12.1 Å². The van der Waals surface area contributed by atoms with E-state index in [0.717, 1.165) is 12.0 Å². The third-order valence-electron chi connectivity index (χ3n) is 2.73. The first-order valence-corrected chi connectivity index (χ1v) is 7.37. The summed E-state index contributed by atoms with van der Waals surface area (Å²) in [6.07, 6.45) is 0.789. The molecule has 0 aromatic heterocycles. The Morgan fingerprint density at radius 3 is 2.80 bits per heavy atom. The van der Waals surface area contributed by atoms with Crippen LogP contribution in [0.15, 0.2) is 18.2 Å². The van der Waals surface area contributed by atoms with Crippen molar-refractivity contribution in [2.45, 2.75) is 26.3 Å². The van der Waals surface area contributed by atoms with E-state index in [9.17, 15) is 4.79 Å². The number of ether oxygens (including phenoxy) is 1. The van der Waals surface area contributed by atoms with Crippen LogP contribution in [0.5, 0.6) is 0 Å². The SMILES string of the molecule is CCOCCCNC(=O)N[C@@H](C)c1ccc(Cl)cc1Cl. The maximum atomic E-state index is 11.7. The zero-order chi connectivity index (χ0) is 15.0. The molecular formula is C14H20Cl2N2O2. The van der Waals surface area contributed by atoms with E-state index in [1.165, 1.54) is 0 Å². The maximum absolute atomic E-state index is 11.7. The first-order valence-electron chi connectivity index (χ1n) is 6.61. The van der Waals surface area contributed by atoms with Crippen LogP contribution < -0.4 is 10.6 Å². The van der Waals surface area contributed by atoms with E-state index < -0.39 is 0 Å². The molecule has 1 aromatic carbocycles. The average Bonchev–Trinajstić information content (AvgIpc) is 2.38. The van der Waals surface area contributed by atoms with Crippen LogP contribution in [0.2, 0.25) is 10.0 Å². The molecule has 0 aliphatic heterocycles. The number of carbonyl (C=O) groups excluding carboxylic acids is 1. The van der Waals surface area contributed by atoms with Gasteiger partial charge in [-0.2, -0.15) is 0 Å². The van der Waals surface area contributed by atoms with Crippen LogP contribution in [0.3, 0.4) is 0 Å². The van der Waals surface area contributed by atoms with Gasteiger partial charge in [-0.1, -0.05) is 29.3 Å². The highest BCUT2D eigenvalue weighted by molar-refractivity contribution is 6.35. The molecule has 112 valence electrons. The lowest BCUT2D eigenvalue weighted by Gasteiger charge is -2.16. The van der Waals surface area contributed by atoms with Crippen molar-refractivity contribution in [3.8, 4) is 0 Å². The van der Waals surface area contributed by atoms with E-state index in [2.05, 4.69) is 10.6 Å². The van der Waals surface area contributed by atoms with Gasteiger partial charge in [0.05, 0.1) is 6.04 Å². The lowest BCUT2D eigenvalue weighted by molar-refractivity contribution is 0.145. The molecule has 20 heavy (non-hydrogen) atoms. The minimum atomic E-state index is -0.222. The Morgan fingerprint density at radius 1 is 1.40 bits per heavy atom. The van der Waals surface area contributed by atoms with Gasteiger partial charge in [-0.15, -0.1) is 0 Å². The summed E-state index contributed by atoms with van der Waals surface area (Å²) in [5.41, 5.74) is 0.834. The summed E-state index contributed by atoms with van der Waals surface area (Å²) < 4.78 is 5.19. The quantitative estimate of drug-likeness (QED) is 0.752. The summed E-state index contributed by atoms with van der Waals surface area (Å²) in [6, 6.07) is 4.81. The van der Waals surface area contributed by atoms with Gasteiger partial charge in [0.2, 0.25) is 0 Å². The second-order valence-electron chi connectivity index (χ2n) is 4.34. The summed E-state index contributed by atoms with van der Waals surface area (Å²) in [5, 5.41) is 6.72. The van der Waals surface area contributed by atoms with Gasteiger partial charge in [-0.3, -0.25) is 0 Å². The third kappa shape index (κ3) is 5.99. The smallest absolute Gasteiger partial charge is 0.315 e. The molecule has 0 radical (unpaired) electrons. The Labute approximate surface area is 129 Å². The molecule has 0 aliphatic rings. The molecule has 4 nitrogen and oxygen atoms in total. The molecule has 0 bridgehead atoms. The monoisotopic (exact) mass is 318 g/mol. The van der Waals surface area contributed by atoms with E-state index in [4.69, 9.17) is 27.9 Å². The highest BCUT2D eigenvalue weighted by Crippen LogP contribution is 2.25. The Balaban J connectivity index is 2.37. The summed E-state index contributed by atoms with van der Waals surface area (Å²) in [5.74, 6) is 0. The Kier molecular flexibility index (Phi) is 7.73. The second kappa shape index (κ2) is 9.06. The van der Waals surface area contributed by atoms with Gasteiger partial charge in [0.15, 0.2) is 0 Å². The first-order chi connectivity index (χ1) is 9.54. The lowest BCUT2D eigenvalue weighted by Crippen LogP contribution is -2.37. The zero-order valence-corrected chi connectivity index (χ0v) is 13.2. The molecule has 6 heteroatoms. The van der Waals surface area contributed by atoms with Crippen molar-refractivity contribution in [2.24, 2.45) is 0 Å².